The van der Waals surface area contributed by atoms with Crippen molar-refractivity contribution in [1.29, 1.82) is 0 Å². The van der Waals surface area contributed by atoms with Gasteiger partial charge >= 0.3 is 0 Å². The van der Waals surface area contributed by atoms with E-state index >= 15 is 0 Å². The Morgan fingerprint density at radius 3 is 2.36 bits per heavy atom. The van der Waals surface area contributed by atoms with Crippen LogP contribution in [-0.2, 0) is 14.3 Å². The number of hydrogen-bond acceptors (Lipinski definition) is 4. The smallest absolute Gasteiger partial charge is 0.236 e. The number of carbonyl (C=O) groups excluding carboxylic acids is 2. The van der Waals surface area contributed by atoms with Gasteiger partial charge in [0.15, 0.2) is 0 Å². The molecule has 1 atom stereocenters. The molecule has 138 valence electrons. The minimum absolute atomic E-state index is 0.00726. The molecule has 0 bridgehead atoms. The average molecular weight is 351 g/mol. The van der Waals surface area contributed by atoms with Gasteiger partial charge in [-0.1, -0.05) is 12.1 Å². The van der Waals surface area contributed by atoms with Gasteiger partial charge in [-0.05, 0) is 31.7 Å². The molecule has 0 aromatic heterocycles. The van der Waals surface area contributed by atoms with Crippen LogP contribution in [0.25, 0.3) is 0 Å². The van der Waals surface area contributed by atoms with E-state index in [1.165, 1.54) is 12.1 Å². The van der Waals surface area contributed by atoms with Crippen LogP contribution in [0.15, 0.2) is 24.3 Å². The summed E-state index contributed by atoms with van der Waals surface area (Å²) in [6.07, 6.45) is 0. The highest BCUT2D eigenvalue weighted by Gasteiger charge is 2.22. The maximum absolute atomic E-state index is 13.0. The Morgan fingerprint density at radius 1 is 1.16 bits per heavy atom. The van der Waals surface area contributed by atoms with Crippen LogP contribution in [0.3, 0.4) is 0 Å². The van der Waals surface area contributed by atoms with Gasteiger partial charge in [-0.2, -0.15) is 0 Å². The van der Waals surface area contributed by atoms with Crippen LogP contribution in [-0.4, -0.2) is 80.0 Å². The molecule has 1 aromatic carbocycles. The highest BCUT2D eigenvalue weighted by atomic mass is 19.1. The molecule has 1 fully saturated rings. The largest absolute Gasteiger partial charge is 0.378 e. The van der Waals surface area contributed by atoms with Gasteiger partial charge in [0.25, 0.3) is 0 Å². The number of morpholine rings is 1. The van der Waals surface area contributed by atoms with Crippen LogP contribution in [0.2, 0.25) is 0 Å². The predicted octanol–water partition coefficient (Wildman–Crippen LogP) is 1.14. The molecule has 1 aliphatic rings. The summed E-state index contributed by atoms with van der Waals surface area (Å²) in [5.74, 6) is -0.381. The molecule has 1 heterocycles. The second-order valence-electron chi connectivity index (χ2n) is 6.40. The molecule has 0 N–H and O–H groups in total. The zero-order valence-electron chi connectivity index (χ0n) is 15.1. The minimum atomic E-state index is -0.300. The molecule has 2 amide bonds. The van der Waals surface area contributed by atoms with Crippen LogP contribution >= 0.6 is 0 Å². The summed E-state index contributed by atoms with van der Waals surface area (Å²) >= 11 is 0. The first kappa shape index (κ1) is 19.3. The van der Waals surface area contributed by atoms with Gasteiger partial charge in [-0.3, -0.25) is 14.5 Å². The van der Waals surface area contributed by atoms with E-state index in [-0.39, 0.29) is 36.8 Å². The van der Waals surface area contributed by atoms with Crippen molar-refractivity contribution in [1.82, 2.24) is 14.7 Å². The Kier molecular flexibility index (Phi) is 6.90. The molecule has 0 aliphatic carbocycles. The van der Waals surface area contributed by atoms with E-state index in [0.717, 1.165) is 5.56 Å². The third-order valence-corrected chi connectivity index (χ3v) is 4.50. The number of ether oxygens (including phenoxy) is 1. The van der Waals surface area contributed by atoms with Crippen LogP contribution in [0, 0.1) is 5.82 Å². The topological polar surface area (TPSA) is 53.1 Å². The van der Waals surface area contributed by atoms with Gasteiger partial charge in [0.05, 0.1) is 32.3 Å². The van der Waals surface area contributed by atoms with Crippen molar-refractivity contribution < 1.29 is 18.7 Å². The number of hydrogen-bond donors (Lipinski definition) is 0. The zero-order chi connectivity index (χ0) is 18.4. The fourth-order valence-corrected chi connectivity index (χ4v) is 2.72. The second-order valence-corrected chi connectivity index (χ2v) is 6.40. The number of nitrogens with zero attached hydrogens (tertiary/aromatic N) is 3. The normalized spacial score (nSPS) is 16.0. The molecule has 25 heavy (non-hydrogen) atoms. The first-order valence-corrected chi connectivity index (χ1v) is 8.43. The molecule has 0 saturated carbocycles. The quantitative estimate of drug-likeness (QED) is 0.771. The Bertz CT molecular complexity index is 588. The molecule has 2 rings (SSSR count). The summed E-state index contributed by atoms with van der Waals surface area (Å²) in [5.41, 5.74) is 0.865. The summed E-state index contributed by atoms with van der Waals surface area (Å²) in [6, 6.07) is 5.95. The summed E-state index contributed by atoms with van der Waals surface area (Å²) in [7, 11) is 3.47. The van der Waals surface area contributed by atoms with E-state index in [1.807, 2.05) is 6.92 Å². The van der Waals surface area contributed by atoms with E-state index in [2.05, 4.69) is 0 Å². The van der Waals surface area contributed by atoms with Crippen molar-refractivity contribution in [3.05, 3.63) is 35.6 Å². The van der Waals surface area contributed by atoms with Crippen LogP contribution in [0.5, 0.6) is 0 Å². The van der Waals surface area contributed by atoms with Crippen molar-refractivity contribution in [2.24, 2.45) is 0 Å². The van der Waals surface area contributed by atoms with Crippen LogP contribution in [0.4, 0.5) is 4.39 Å². The van der Waals surface area contributed by atoms with Gasteiger partial charge < -0.3 is 14.5 Å². The summed E-state index contributed by atoms with van der Waals surface area (Å²) in [5, 5.41) is 0. The van der Waals surface area contributed by atoms with E-state index in [4.69, 9.17) is 4.74 Å². The first-order valence-electron chi connectivity index (χ1n) is 8.43. The number of carbonyl (C=O) groups is 2. The summed E-state index contributed by atoms with van der Waals surface area (Å²) in [4.78, 5) is 29.8. The molecule has 6 nitrogen and oxygen atoms in total. The highest BCUT2D eigenvalue weighted by molar-refractivity contribution is 5.81. The predicted molar refractivity (Wildman–Crippen MR) is 92.5 cm³/mol. The summed E-state index contributed by atoms with van der Waals surface area (Å²) < 4.78 is 18.3. The molecule has 7 heteroatoms. The lowest BCUT2D eigenvalue weighted by molar-refractivity contribution is -0.138. The van der Waals surface area contributed by atoms with Gasteiger partial charge in [0, 0.05) is 20.1 Å². The van der Waals surface area contributed by atoms with E-state index < -0.39 is 0 Å². The monoisotopic (exact) mass is 351 g/mol. The lowest BCUT2D eigenvalue weighted by atomic mass is 10.1. The summed E-state index contributed by atoms with van der Waals surface area (Å²) in [6.45, 7) is 4.56. The van der Waals surface area contributed by atoms with Gasteiger partial charge in [-0.15, -0.1) is 0 Å². The van der Waals surface area contributed by atoms with E-state index in [9.17, 15) is 14.0 Å². The fraction of sp³-hybridized carbons (Fsp3) is 0.556. The number of amides is 2. The molecule has 0 radical (unpaired) electrons. The SMILES string of the molecule is CC(c1ccc(F)cc1)N(C)C(=O)CN(C)CC(=O)N1CCOCC1. The maximum Gasteiger partial charge on any atom is 0.236 e. The van der Waals surface area contributed by atoms with Crippen molar-refractivity contribution in [3.63, 3.8) is 0 Å². The number of rotatable bonds is 6. The van der Waals surface area contributed by atoms with Crippen LogP contribution < -0.4 is 0 Å². The molecule has 1 unspecified atom stereocenters. The van der Waals surface area contributed by atoms with E-state index in [0.29, 0.717) is 26.3 Å². The van der Waals surface area contributed by atoms with Gasteiger partial charge in [-0.25, -0.2) is 4.39 Å². The molecule has 1 aliphatic heterocycles. The third-order valence-electron chi connectivity index (χ3n) is 4.50. The maximum atomic E-state index is 13.0. The molecular formula is C18H26FN3O3. The number of likely N-dealkylation sites (N-methyl/N-ethyl adjacent to an activating group) is 2. The average Bonchev–Trinajstić information content (AvgIpc) is 2.61. The molecule has 1 saturated heterocycles. The lowest BCUT2D eigenvalue weighted by Gasteiger charge is -2.30. The van der Waals surface area contributed by atoms with Gasteiger partial charge in [0.2, 0.25) is 11.8 Å². The second kappa shape index (κ2) is 8.92. The minimum Gasteiger partial charge on any atom is -0.378 e. The lowest BCUT2D eigenvalue weighted by Crippen LogP contribution is -2.47. The molecule has 0 spiro atoms. The Labute approximate surface area is 148 Å². The van der Waals surface area contributed by atoms with Crippen molar-refractivity contribution in [2.45, 2.75) is 13.0 Å². The zero-order valence-corrected chi connectivity index (χ0v) is 15.1. The van der Waals surface area contributed by atoms with Crippen LogP contribution in [0.1, 0.15) is 18.5 Å². The molecular weight excluding hydrogens is 325 g/mol. The number of halogens is 1. The standard InChI is InChI=1S/C18H26FN3O3/c1-14(15-4-6-16(19)7-5-15)21(3)17(23)12-20(2)13-18(24)22-8-10-25-11-9-22/h4-7,14H,8-13H2,1-3H3. The Morgan fingerprint density at radius 2 is 1.76 bits per heavy atom. The van der Waals surface area contributed by atoms with Crippen molar-refractivity contribution >= 4 is 11.8 Å². The van der Waals surface area contributed by atoms with Crippen molar-refractivity contribution in [3.8, 4) is 0 Å². The fourth-order valence-electron chi connectivity index (χ4n) is 2.72. The third kappa shape index (κ3) is 5.51. The Balaban J connectivity index is 1.84. The first-order chi connectivity index (χ1) is 11.9. The van der Waals surface area contributed by atoms with E-state index in [1.54, 1.807) is 40.9 Å². The highest BCUT2D eigenvalue weighted by Crippen LogP contribution is 2.19. The molecule has 1 aromatic rings. The van der Waals surface area contributed by atoms with Crippen molar-refractivity contribution in [2.75, 3.05) is 53.5 Å². The Hall–Kier alpha value is -1.99. The van der Waals surface area contributed by atoms with Gasteiger partial charge in [0.1, 0.15) is 5.82 Å². The number of benzene rings is 1.